The molecular formula is C12H12BrN. The summed E-state index contributed by atoms with van der Waals surface area (Å²) in [5.74, 6) is 0.259. The summed E-state index contributed by atoms with van der Waals surface area (Å²) in [6.45, 7) is 2.19. The minimum Gasteiger partial charge on any atom is -0.198 e. The van der Waals surface area contributed by atoms with E-state index in [4.69, 9.17) is 5.26 Å². The zero-order chi connectivity index (χ0) is 10.2. The second-order valence-corrected chi connectivity index (χ2v) is 5.16. The largest absolute Gasteiger partial charge is 0.198 e. The van der Waals surface area contributed by atoms with E-state index in [0.717, 1.165) is 17.3 Å². The molecule has 1 aliphatic carbocycles. The Bertz CT molecular complexity index is 394. The molecule has 0 radical (unpaired) electrons. The fourth-order valence-corrected chi connectivity index (χ4v) is 2.31. The van der Waals surface area contributed by atoms with E-state index in [1.807, 2.05) is 12.1 Å². The highest BCUT2D eigenvalue weighted by Gasteiger charge is 2.50. The molecule has 0 heterocycles. The maximum atomic E-state index is 8.83. The number of benzene rings is 1. The Labute approximate surface area is 92.9 Å². The first-order valence-corrected chi connectivity index (χ1v) is 5.58. The molecule has 1 aliphatic rings. The molecule has 0 aromatic heterocycles. The molecule has 0 aliphatic heterocycles. The first-order chi connectivity index (χ1) is 6.65. The molecule has 0 saturated heterocycles. The number of rotatable bonds is 2. The van der Waals surface area contributed by atoms with E-state index in [-0.39, 0.29) is 11.3 Å². The van der Waals surface area contributed by atoms with Crippen molar-refractivity contribution in [1.82, 2.24) is 0 Å². The van der Waals surface area contributed by atoms with Gasteiger partial charge < -0.3 is 0 Å². The predicted molar refractivity (Wildman–Crippen MR) is 59.7 cm³/mol. The SMILES string of the molecule is C[C@]1(Cc2ccccc2Br)C[C@@H]1C#N. The van der Waals surface area contributed by atoms with Crippen LogP contribution in [0.2, 0.25) is 0 Å². The van der Waals surface area contributed by atoms with Crippen molar-refractivity contribution in [3.63, 3.8) is 0 Å². The van der Waals surface area contributed by atoms with E-state index in [0.29, 0.717) is 0 Å². The molecular weight excluding hydrogens is 238 g/mol. The third-order valence-corrected chi connectivity index (χ3v) is 3.83. The predicted octanol–water partition coefficient (Wildman–Crippen LogP) is 3.54. The molecule has 0 N–H and O–H groups in total. The maximum Gasteiger partial charge on any atom is 0.0661 e. The average Bonchev–Trinajstić information content (AvgIpc) is 2.81. The monoisotopic (exact) mass is 249 g/mol. The molecule has 0 unspecified atom stereocenters. The van der Waals surface area contributed by atoms with Crippen LogP contribution in [0.5, 0.6) is 0 Å². The Balaban J connectivity index is 2.14. The molecule has 1 saturated carbocycles. The fraction of sp³-hybridized carbons (Fsp3) is 0.417. The van der Waals surface area contributed by atoms with Crippen LogP contribution in [0.3, 0.4) is 0 Å². The van der Waals surface area contributed by atoms with E-state index < -0.39 is 0 Å². The maximum absolute atomic E-state index is 8.83. The lowest BCUT2D eigenvalue weighted by atomic mass is 9.96. The fourth-order valence-electron chi connectivity index (χ4n) is 1.88. The number of nitrogens with zero attached hydrogens (tertiary/aromatic N) is 1. The second-order valence-electron chi connectivity index (χ2n) is 4.31. The summed E-state index contributed by atoms with van der Waals surface area (Å²) < 4.78 is 1.16. The van der Waals surface area contributed by atoms with Crippen LogP contribution in [-0.2, 0) is 6.42 Å². The van der Waals surface area contributed by atoms with Crippen LogP contribution in [0, 0.1) is 22.7 Å². The van der Waals surface area contributed by atoms with E-state index in [2.05, 4.69) is 41.1 Å². The highest BCUT2D eigenvalue weighted by Crippen LogP contribution is 2.54. The van der Waals surface area contributed by atoms with Gasteiger partial charge in [-0.15, -0.1) is 0 Å². The zero-order valence-electron chi connectivity index (χ0n) is 8.13. The molecule has 2 atom stereocenters. The lowest BCUT2D eigenvalue weighted by Gasteiger charge is -2.10. The van der Waals surface area contributed by atoms with Gasteiger partial charge in [0.05, 0.1) is 12.0 Å². The quantitative estimate of drug-likeness (QED) is 0.787. The van der Waals surface area contributed by atoms with Crippen molar-refractivity contribution in [2.24, 2.45) is 11.3 Å². The molecule has 72 valence electrons. The van der Waals surface area contributed by atoms with Gasteiger partial charge in [0.25, 0.3) is 0 Å². The highest BCUT2D eigenvalue weighted by molar-refractivity contribution is 9.10. The van der Waals surface area contributed by atoms with Crippen molar-refractivity contribution in [2.45, 2.75) is 19.8 Å². The van der Waals surface area contributed by atoms with Crippen LogP contribution in [0.25, 0.3) is 0 Å². The molecule has 0 amide bonds. The van der Waals surface area contributed by atoms with Gasteiger partial charge >= 0.3 is 0 Å². The van der Waals surface area contributed by atoms with Crippen LogP contribution in [0.1, 0.15) is 18.9 Å². The van der Waals surface area contributed by atoms with Crippen LogP contribution >= 0.6 is 15.9 Å². The van der Waals surface area contributed by atoms with Gasteiger partial charge in [0, 0.05) is 4.47 Å². The Morgan fingerprint density at radius 3 is 2.86 bits per heavy atom. The number of nitriles is 1. The number of halogens is 1. The summed E-state index contributed by atoms with van der Waals surface area (Å²) >= 11 is 3.54. The second kappa shape index (κ2) is 3.40. The normalized spacial score (nSPS) is 29.6. The molecule has 0 bridgehead atoms. The van der Waals surface area contributed by atoms with Crippen molar-refractivity contribution in [2.75, 3.05) is 0 Å². The minimum atomic E-state index is 0.221. The van der Waals surface area contributed by atoms with Gasteiger partial charge in [0.15, 0.2) is 0 Å². The summed E-state index contributed by atoms with van der Waals surface area (Å²) in [4.78, 5) is 0. The summed E-state index contributed by atoms with van der Waals surface area (Å²) in [5, 5.41) is 8.83. The topological polar surface area (TPSA) is 23.8 Å². The first-order valence-electron chi connectivity index (χ1n) is 4.79. The summed E-state index contributed by atoms with van der Waals surface area (Å²) in [6.07, 6.45) is 2.05. The third-order valence-electron chi connectivity index (χ3n) is 3.06. The van der Waals surface area contributed by atoms with Crippen molar-refractivity contribution in [1.29, 1.82) is 5.26 Å². The lowest BCUT2D eigenvalue weighted by Crippen LogP contribution is -2.02. The van der Waals surface area contributed by atoms with Gasteiger partial charge in [-0.1, -0.05) is 41.1 Å². The summed E-state index contributed by atoms with van der Waals surface area (Å²) in [5.41, 5.74) is 1.53. The first kappa shape index (κ1) is 9.73. The summed E-state index contributed by atoms with van der Waals surface area (Å²) in [6, 6.07) is 10.6. The van der Waals surface area contributed by atoms with Crippen molar-refractivity contribution < 1.29 is 0 Å². The van der Waals surface area contributed by atoms with Gasteiger partial charge in [0.2, 0.25) is 0 Å². The Kier molecular flexibility index (Phi) is 2.36. The van der Waals surface area contributed by atoms with Gasteiger partial charge in [-0.3, -0.25) is 0 Å². The molecule has 14 heavy (non-hydrogen) atoms. The van der Waals surface area contributed by atoms with Gasteiger partial charge in [-0.05, 0) is 29.9 Å². The van der Waals surface area contributed by atoms with Crippen molar-refractivity contribution in [3.05, 3.63) is 34.3 Å². The minimum absolute atomic E-state index is 0.221. The molecule has 2 heteroatoms. The van der Waals surface area contributed by atoms with E-state index in [9.17, 15) is 0 Å². The van der Waals surface area contributed by atoms with Crippen LogP contribution in [0.4, 0.5) is 0 Å². The van der Waals surface area contributed by atoms with Gasteiger partial charge in [0.1, 0.15) is 0 Å². The molecule has 0 spiro atoms. The highest BCUT2D eigenvalue weighted by atomic mass is 79.9. The molecule has 1 fully saturated rings. The Morgan fingerprint density at radius 2 is 2.29 bits per heavy atom. The smallest absolute Gasteiger partial charge is 0.0661 e. The van der Waals surface area contributed by atoms with Crippen molar-refractivity contribution >= 4 is 15.9 Å². The average molecular weight is 250 g/mol. The van der Waals surface area contributed by atoms with E-state index >= 15 is 0 Å². The van der Waals surface area contributed by atoms with Gasteiger partial charge in [-0.2, -0.15) is 5.26 Å². The zero-order valence-corrected chi connectivity index (χ0v) is 9.71. The van der Waals surface area contributed by atoms with E-state index in [1.54, 1.807) is 0 Å². The standard InChI is InChI=1S/C12H12BrN/c1-12(7-10(12)8-14)6-9-4-2-3-5-11(9)13/h2-5,10H,6-7H2,1H3/t10-,12+/m1/s1. The summed E-state index contributed by atoms with van der Waals surface area (Å²) in [7, 11) is 0. The van der Waals surface area contributed by atoms with Crippen LogP contribution in [-0.4, -0.2) is 0 Å². The van der Waals surface area contributed by atoms with Gasteiger partial charge in [-0.25, -0.2) is 0 Å². The Hall–Kier alpha value is -0.810. The Morgan fingerprint density at radius 1 is 1.57 bits per heavy atom. The van der Waals surface area contributed by atoms with E-state index in [1.165, 1.54) is 5.56 Å². The number of hydrogen-bond donors (Lipinski definition) is 0. The molecule has 2 rings (SSSR count). The molecule has 1 aromatic carbocycles. The molecule has 1 aromatic rings. The lowest BCUT2D eigenvalue weighted by molar-refractivity contribution is 0.538. The van der Waals surface area contributed by atoms with Crippen LogP contribution in [0.15, 0.2) is 28.7 Å². The third kappa shape index (κ3) is 1.69. The van der Waals surface area contributed by atoms with Crippen molar-refractivity contribution in [3.8, 4) is 6.07 Å². The van der Waals surface area contributed by atoms with Crippen LogP contribution < -0.4 is 0 Å². The molecule has 1 nitrogen and oxygen atoms in total. The number of hydrogen-bond acceptors (Lipinski definition) is 1.